The molecule has 138 valence electrons. The Hall–Kier alpha value is -2.35. The smallest absolute Gasteiger partial charge is 0.378 e. The topological polar surface area (TPSA) is 42.2 Å². The third-order valence-electron chi connectivity index (χ3n) is 3.90. The molecule has 1 aromatic carbocycles. The van der Waals surface area contributed by atoms with Gasteiger partial charge in [-0.15, -0.1) is 0 Å². The van der Waals surface area contributed by atoms with Crippen LogP contribution in [0.4, 0.5) is 23.2 Å². The van der Waals surface area contributed by atoms with Crippen molar-refractivity contribution in [2.45, 2.75) is 32.5 Å². The van der Waals surface area contributed by atoms with E-state index in [9.17, 15) is 17.6 Å². The van der Waals surface area contributed by atoms with Crippen molar-refractivity contribution in [2.75, 3.05) is 5.32 Å². The number of anilines is 1. The summed E-state index contributed by atoms with van der Waals surface area (Å²) < 4.78 is 54.1. The summed E-state index contributed by atoms with van der Waals surface area (Å²) in [6, 6.07) is 4.08. The second-order valence-corrected chi connectivity index (χ2v) is 6.49. The van der Waals surface area contributed by atoms with E-state index in [2.05, 4.69) is 15.4 Å². The van der Waals surface area contributed by atoms with Gasteiger partial charge in [0.2, 0.25) is 0 Å². The molecule has 26 heavy (non-hydrogen) atoms. The Morgan fingerprint density at radius 2 is 1.96 bits per heavy atom. The number of hydrogen-bond donors (Lipinski definition) is 1. The van der Waals surface area contributed by atoms with E-state index in [4.69, 9.17) is 11.6 Å². The molecule has 0 aliphatic rings. The average Bonchev–Trinajstić information content (AvgIpc) is 2.96. The van der Waals surface area contributed by atoms with E-state index >= 15 is 0 Å². The molecule has 0 aliphatic carbocycles. The van der Waals surface area contributed by atoms with Gasteiger partial charge in [-0.25, -0.2) is 13.9 Å². The van der Waals surface area contributed by atoms with E-state index in [1.54, 1.807) is 10.7 Å². The van der Waals surface area contributed by atoms with Gasteiger partial charge in [0.1, 0.15) is 5.82 Å². The summed E-state index contributed by atoms with van der Waals surface area (Å²) in [6.07, 6.45) is -3.00. The van der Waals surface area contributed by atoms with Crippen LogP contribution >= 0.6 is 11.6 Å². The molecule has 2 aromatic heterocycles. The van der Waals surface area contributed by atoms with Gasteiger partial charge in [-0.05, 0) is 23.6 Å². The van der Waals surface area contributed by atoms with E-state index in [0.29, 0.717) is 17.4 Å². The van der Waals surface area contributed by atoms with Crippen LogP contribution in [0.25, 0.3) is 5.65 Å². The second kappa shape index (κ2) is 6.75. The summed E-state index contributed by atoms with van der Waals surface area (Å²) >= 11 is 6.03. The molecule has 1 N–H and O–H groups in total. The lowest BCUT2D eigenvalue weighted by atomic mass is 10.1. The first-order valence-corrected chi connectivity index (χ1v) is 8.18. The number of nitrogens with zero attached hydrogens (tertiary/aromatic N) is 3. The molecule has 0 unspecified atom stereocenters. The van der Waals surface area contributed by atoms with Gasteiger partial charge >= 0.3 is 6.18 Å². The molecule has 3 aromatic rings. The summed E-state index contributed by atoms with van der Waals surface area (Å²) in [5.74, 6) is -0.803. The molecule has 0 saturated heterocycles. The number of aromatic nitrogens is 3. The van der Waals surface area contributed by atoms with Crippen molar-refractivity contribution < 1.29 is 17.6 Å². The van der Waals surface area contributed by atoms with Crippen LogP contribution in [0.1, 0.15) is 36.6 Å². The molecule has 0 atom stereocenters. The summed E-state index contributed by atoms with van der Waals surface area (Å²) in [5, 5.41) is 7.27. The maximum absolute atomic E-state index is 13.2. The maximum Gasteiger partial charge on any atom is 0.416 e. The standard InChI is InChI=1S/C17H15ClF4N4/c1-9(2)14-8-24-16-13(6-15(18)25-26(14)16)23-7-10-3-4-11(19)5-12(10)17(20,21)22/h3-6,8-9,23H,7H2,1-2H3. The van der Waals surface area contributed by atoms with Crippen molar-refractivity contribution in [3.63, 3.8) is 0 Å². The molecule has 9 heteroatoms. The molecule has 3 rings (SSSR count). The molecule has 0 aliphatic heterocycles. The fourth-order valence-corrected chi connectivity index (χ4v) is 2.82. The van der Waals surface area contributed by atoms with Gasteiger partial charge in [0.05, 0.1) is 23.1 Å². The first kappa shape index (κ1) is 18.4. The quantitative estimate of drug-likeness (QED) is 0.620. The van der Waals surface area contributed by atoms with Crippen LogP contribution < -0.4 is 5.32 Å². The van der Waals surface area contributed by atoms with Gasteiger partial charge in [-0.2, -0.15) is 18.3 Å². The van der Waals surface area contributed by atoms with Crippen LogP contribution in [0, 0.1) is 5.82 Å². The predicted molar refractivity (Wildman–Crippen MR) is 90.8 cm³/mol. The van der Waals surface area contributed by atoms with Crippen molar-refractivity contribution in [1.82, 2.24) is 14.6 Å². The minimum atomic E-state index is -4.65. The summed E-state index contributed by atoms with van der Waals surface area (Å²) in [5.41, 5.74) is 0.611. The molecular formula is C17H15ClF4N4. The van der Waals surface area contributed by atoms with Crippen LogP contribution in [0.5, 0.6) is 0 Å². The SMILES string of the molecule is CC(C)c1cnc2c(NCc3ccc(F)cc3C(F)(F)F)cc(Cl)nn12. The van der Waals surface area contributed by atoms with Gasteiger partial charge < -0.3 is 5.32 Å². The Labute approximate surface area is 151 Å². The van der Waals surface area contributed by atoms with E-state index in [1.807, 2.05) is 13.8 Å². The fraction of sp³-hybridized carbons (Fsp3) is 0.294. The van der Waals surface area contributed by atoms with Gasteiger partial charge in [0, 0.05) is 12.6 Å². The zero-order valence-electron chi connectivity index (χ0n) is 13.9. The molecule has 2 heterocycles. The largest absolute Gasteiger partial charge is 0.416 e. The van der Waals surface area contributed by atoms with Crippen molar-refractivity contribution in [3.8, 4) is 0 Å². The first-order chi connectivity index (χ1) is 12.2. The summed E-state index contributed by atoms with van der Waals surface area (Å²) in [7, 11) is 0. The van der Waals surface area contributed by atoms with E-state index in [0.717, 1.165) is 17.8 Å². The number of alkyl halides is 3. The minimum Gasteiger partial charge on any atom is -0.378 e. The van der Waals surface area contributed by atoms with Gasteiger partial charge in [-0.3, -0.25) is 0 Å². The van der Waals surface area contributed by atoms with Crippen LogP contribution in [0.2, 0.25) is 5.15 Å². The van der Waals surface area contributed by atoms with E-state index < -0.39 is 17.6 Å². The van der Waals surface area contributed by atoms with Crippen LogP contribution in [0.3, 0.4) is 0 Å². The number of halogens is 5. The normalized spacial score (nSPS) is 12.2. The van der Waals surface area contributed by atoms with E-state index in [-0.39, 0.29) is 23.2 Å². The number of nitrogens with one attached hydrogen (secondary N) is 1. The summed E-state index contributed by atoms with van der Waals surface area (Å²) in [4.78, 5) is 4.28. The van der Waals surface area contributed by atoms with Crippen molar-refractivity contribution in [2.24, 2.45) is 0 Å². The Balaban J connectivity index is 1.96. The average molecular weight is 387 g/mol. The molecule has 0 fully saturated rings. The highest BCUT2D eigenvalue weighted by atomic mass is 35.5. The van der Waals surface area contributed by atoms with E-state index in [1.165, 1.54) is 6.07 Å². The number of imidazole rings is 1. The highest BCUT2D eigenvalue weighted by molar-refractivity contribution is 6.29. The third kappa shape index (κ3) is 3.60. The highest BCUT2D eigenvalue weighted by Gasteiger charge is 2.33. The molecule has 0 amide bonds. The molecule has 0 saturated carbocycles. The zero-order valence-corrected chi connectivity index (χ0v) is 14.7. The maximum atomic E-state index is 13.2. The van der Waals surface area contributed by atoms with Crippen LogP contribution in [-0.2, 0) is 12.7 Å². The van der Waals surface area contributed by atoms with Gasteiger partial charge in [-0.1, -0.05) is 31.5 Å². The number of hydrogen-bond acceptors (Lipinski definition) is 3. The monoisotopic (exact) mass is 386 g/mol. The Kier molecular flexibility index (Phi) is 4.79. The Morgan fingerprint density at radius 1 is 1.23 bits per heavy atom. The first-order valence-electron chi connectivity index (χ1n) is 7.80. The number of rotatable bonds is 4. The third-order valence-corrected chi connectivity index (χ3v) is 4.09. The molecule has 4 nitrogen and oxygen atoms in total. The number of benzene rings is 1. The molecule has 0 bridgehead atoms. The van der Waals surface area contributed by atoms with Gasteiger partial charge in [0.15, 0.2) is 10.8 Å². The second-order valence-electron chi connectivity index (χ2n) is 6.11. The number of fused-ring (bicyclic) bond motifs is 1. The lowest BCUT2D eigenvalue weighted by Crippen LogP contribution is -2.13. The lowest BCUT2D eigenvalue weighted by Gasteiger charge is -2.15. The van der Waals surface area contributed by atoms with Crippen molar-refractivity contribution in [1.29, 1.82) is 0 Å². The molecule has 0 radical (unpaired) electrons. The van der Waals surface area contributed by atoms with Crippen LogP contribution in [-0.4, -0.2) is 14.6 Å². The Morgan fingerprint density at radius 3 is 2.62 bits per heavy atom. The lowest BCUT2D eigenvalue weighted by molar-refractivity contribution is -0.138. The van der Waals surface area contributed by atoms with Crippen molar-refractivity contribution in [3.05, 3.63) is 58.3 Å². The predicted octanol–water partition coefficient (Wildman–Crippen LogP) is 5.28. The fourth-order valence-electron chi connectivity index (χ4n) is 2.64. The minimum absolute atomic E-state index is 0.0828. The zero-order chi connectivity index (χ0) is 19.1. The highest BCUT2D eigenvalue weighted by Crippen LogP contribution is 2.33. The van der Waals surface area contributed by atoms with Crippen molar-refractivity contribution >= 4 is 22.9 Å². The van der Waals surface area contributed by atoms with Crippen LogP contribution in [0.15, 0.2) is 30.5 Å². The Bertz CT molecular complexity index is 950. The summed E-state index contributed by atoms with van der Waals surface area (Å²) in [6.45, 7) is 3.76. The van der Waals surface area contributed by atoms with Gasteiger partial charge in [0.25, 0.3) is 0 Å². The molecular weight excluding hydrogens is 372 g/mol. The molecule has 0 spiro atoms.